The normalized spacial score (nSPS) is 14.2. The predicted molar refractivity (Wildman–Crippen MR) is 177 cm³/mol. The topological polar surface area (TPSA) is 0 Å². The van der Waals surface area contributed by atoms with E-state index in [1.165, 1.54) is 58.2 Å². The average Bonchev–Trinajstić information content (AvgIpc) is 3.67. The summed E-state index contributed by atoms with van der Waals surface area (Å²) in [5.74, 6) is 0. The molecule has 5 heteroatoms. The summed E-state index contributed by atoms with van der Waals surface area (Å²) in [6, 6.07) is 44.1. The second-order valence-corrected chi connectivity index (χ2v) is 21.1. The van der Waals surface area contributed by atoms with Crippen molar-refractivity contribution in [2.45, 2.75) is 10.1 Å². The molecule has 214 valence electrons. The molecule has 6 aromatic rings. The zero-order chi connectivity index (χ0) is 28.2. The Morgan fingerprint density at radius 2 is 1.18 bits per heavy atom. The van der Waals surface area contributed by atoms with Crippen molar-refractivity contribution in [2.75, 3.05) is 0 Å². The van der Waals surface area contributed by atoms with Crippen LogP contribution in [0.1, 0.15) is 32.3 Å². The summed E-state index contributed by atoms with van der Waals surface area (Å²) in [6.45, 7) is 0. The fourth-order valence-corrected chi connectivity index (χ4v) is 20.7. The van der Waals surface area contributed by atoms with Crippen LogP contribution >= 0.6 is 23.2 Å². The van der Waals surface area contributed by atoms with Gasteiger partial charge in [0.15, 0.2) is 0 Å². The molecule has 0 N–H and O–H groups in total. The third-order valence-electron chi connectivity index (χ3n) is 8.70. The first kappa shape index (κ1) is 31.2. The quantitative estimate of drug-likeness (QED) is 0.172. The summed E-state index contributed by atoms with van der Waals surface area (Å²) >= 11 is 10.3. The molecule has 0 bridgehead atoms. The molecule has 2 aliphatic rings. The van der Waals surface area contributed by atoms with Gasteiger partial charge in [0.2, 0.25) is 0 Å². The molecule has 8 rings (SSSR count). The maximum atomic E-state index is 6.69. The van der Waals surface area contributed by atoms with Crippen LogP contribution in [0.2, 0.25) is 10.0 Å². The SMILES string of the molecule is Clc1cccc([C](c2cccc(Cl)c2)=[Hf+2]([C]2=CC=CC2)[CH]2c3ccccc3-c3c2c2ccccc2c2ccccc32)c1.[Cl-].[Cl-]. The van der Waals surface area contributed by atoms with Gasteiger partial charge >= 0.3 is 265 Å². The van der Waals surface area contributed by atoms with Crippen LogP contribution in [-0.4, -0.2) is 3.26 Å². The van der Waals surface area contributed by atoms with E-state index in [4.69, 9.17) is 23.2 Å². The molecule has 0 heterocycles. The molecule has 0 fully saturated rings. The van der Waals surface area contributed by atoms with E-state index in [1.807, 2.05) is 12.1 Å². The summed E-state index contributed by atoms with van der Waals surface area (Å²) in [6.07, 6.45) is 8.01. The molecule has 1 unspecified atom stereocenters. The Morgan fingerprint density at radius 1 is 0.614 bits per heavy atom. The Kier molecular flexibility index (Phi) is 9.16. The van der Waals surface area contributed by atoms with Crippen LogP contribution in [0.5, 0.6) is 0 Å². The molecule has 0 aromatic heterocycles. The summed E-state index contributed by atoms with van der Waals surface area (Å²) in [7, 11) is 0. The van der Waals surface area contributed by atoms with Gasteiger partial charge in [0.05, 0.1) is 0 Å². The number of benzene rings is 6. The Balaban J connectivity index is 0.00000171. The van der Waals surface area contributed by atoms with E-state index in [2.05, 4.69) is 127 Å². The minimum Gasteiger partial charge on any atom is -1.00 e. The Bertz CT molecular complexity index is 2110. The second kappa shape index (κ2) is 12.9. The number of halogens is 4. The van der Waals surface area contributed by atoms with Crippen LogP contribution in [0.3, 0.4) is 0 Å². The van der Waals surface area contributed by atoms with E-state index in [-0.39, 0.29) is 24.8 Å². The second-order valence-electron chi connectivity index (χ2n) is 11.0. The molecule has 1 atom stereocenters. The molecule has 0 aliphatic heterocycles. The van der Waals surface area contributed by atoms with E-state index >= 15 is 0 Å². The van der Waals surface area contributed by atoms with E-state index in [1.54, 1.807) is 3.33 Å². The third-order valence-corrected chi connectivity index (χ3v) is 21.2. The number of fused-ring (bicyclic) bond motifs is 8. The van der Waals surface area contributed by atoms with Gasteiger partial charge in [-0.05, 0) is 0 Å². The third kappa shape index (κ3) is 5.17. The molecule has 0 saturated heterocycles. The van der Waals surface area contributed by atoms with E-state index in [0.717, 1.165) is 16.5 Å². The fraction of sp³-hybridized carbons (Fsp3) is 0.0513. The summed E-state index contributed by atoms with van der Waals surface area (Å²) in [5, 5.41) is 6.90. The smallest absolute Gasteiger partial charge is 1.00 e. The first-order valence-electron chi connectivity index (χ1n) is 14.3. The molecule has 0 nitrogen and oxygen atoms in total. The van der Waals surface area contributed by atoms with Crippen molar-refractivity contribution in [3.63, 3.8) is 0 Å². The molecule has 0 saturated carbocycles. The minimum absolute atomic E-state index is 0. The molecule has 44 heavy (non-hydrogen) atoms. The maximum absolute atomic E-state index is 6.69. The van der Waals surface area contributed by atoms with Crippen molar-refractivity contribution < 1.29 is 45.8 Å². The van der Waals surface area contributed by atoms with E-state index < -0.39 is 21.0 Å². The van der Waals surface area contributed by atoms with Crippen molar-refractivity contribution in [3.05, 3.63) is 175 Å². The Labute approximate surface area is 287 Å². The molecular weight excluding hydrogens is 789 g/mol. The van der Waals surface area contributed by atoms with Crippen LogP contribution in [-0.2, 0) is 21.0 Å². The van der Waals surface area contributed by atoms with Crippen LogP contribution < -0.4 is 24.8 Å². The van der Waals surface area contributed by atoms with Gasteiger partial charge in [-0.3, -0.25) is 0 Å². The van der Waals surface area contributed by atoms with Gasteiger partial charge in [0.1, 0.15) is 0 Å². The van der Waals surface area contributed by atoms with Crippen molar-refractivity contribution in [1.82, 2.24) is 0 Å². The standard InChI is InChI=1S/C21H13.C13H8Cl2.C5H5.2ClH.Hf/c1-2-8-15-14(7-1)13-20-18-11-4-3-9-16(18)17-10-5-6-12-19(17)21(15)20;14-12-5-1-3-10(8-12)7-11-4-2-6-13(15)9-11;1-2-4-5-3-1;;;/h1-13H;1-6,8-9H;1-3H,4H2;2*1H;/q;;;;;+2/p-2. The summed E-state index contributed by atoms with van der Waals surface area (Å²) in [5.41, 5.74) is 8.19. The summed E-state index contributed by atoms with van der Waals surface area (Å²) in [4.78, 5) is 0. The maximum Gasteiger partial charge on any atom is -1.00 e. The van der Waals surface area contributed by atoms with Gasteiger partial charge in [-0.25, -0.2) is 0 Å². The number of rotatable bonds is 4. The molecular formula is C39H26Cl4Hf. The number of hydrogen-bond donors (Lipinski definition) is 0. The summed E-state index contributed by atoms with van der Waals surface area (Å²) < 4.78 is 3.39. The number of hydrogen-bond acceptors (Lipinski definition) is 0. The van der Waals surface area contributed by atoms with Crippen LogP contribution in [0, 0.1) is 0 Å². The molecule has 6 aromatic carbocycles. The first-order valence-corrected chi connectivity index (χ1v) is 20.8. The fourth-order valence-electron chi connectivity index (χ4n) is 7.09. The van der Waals surface area contributed by atoms with E-state index in [0.29, 0.717) is 3.67 Å². The molecule has 2 aliphatic carbocycles. The van der Waals surface area contributed by atoms with Gasteiger partial charge in [0.25, 0.3) is 0 Å². The Morgan fingerprint density at radius 3 is 1.80 bits per heavy atom. The average molecular weight is 815 g/mol. The van der Waals surface area contributed by atoms with Crippen LogP contribution in [0.15, 0.2) is 143 Å². The van der Waals surface area contributed by atoms with Gasteiger partial charge in [-0.15, -0.1) is 0 Å². The molecule has 0 amide bonds. The van der Waals surface area contributed by atoms with Crippen molar-refractivity contribution in [3.8, 4) is 11.1 Å². The first-order chi connectivity index (χ1) is 20.7. The van der Waals surface area contributed by atoms with Gasteiger partial charge in [0, 0.05) is 0 Å². The van der Waals surface area contributed by atoms with Crippen LogP contribution in [0.25, 0.3) is 32.7 Å². The molecule has 0 radical (unpaired) electrons. The largest absolute Gasteiger partial charge is 1.00 e. The minimum atomic E-state index is -3.12. The molecule has 0 spiro atoms. The van der Waals surface area contributed by atoms with Crippen LogP contribution in [0.4, 0.5) is 0 Å². The van der Waals surface area contributed by atoms with Gasteiger partial charge < -0.3 is 24.8 Å². The Hall–Kier alpha value is -2.78. The number of allylic oxidation sites excluding steroid dienone is 4. The zero-order valence-electron chi connectivity index (χ0n) is 23.6. The monoisotopic (exact) mass is 814 g/mol. The van der Waals surface area contributed by atoms with Gasteiger partial charge in [-0.1, -0.05) is 0 Å². The zero-order valence-corrected chi connectivity index (χ0v) is 30.2. The van der Waals surface area contributed by atoms with Crippen molar-refractivity contribution >= 4 is 48.0 Å². The van der Waals surface area contributed by atoms with Crippen molar-refractivity contribution in [1.29, 1.82) is 0 Å². The van der Waals surface area contributed by atoms with Gasteiger partial charge in [-0.2, -0.15) is 0 Å². The predicted octanol–water partition coefficient (Wildman–Crippen LogP) is 5.11. The van der Waals surface area contributed by atoms with Crippen molar-refractivity contribution in [2.24, 2.45) is 0 Å². The van der Waals surface area contributed by atoms with E-state index in [9.17, 15) is 0 Å².